The summed E-state index contributed by atoms with van der Waals surface area (Å²) in [4.78, 5) is 11.0. The van der Waals surface area contributed by atoms with Crippen molar-refractivity contribution in [3.63, 3.8) is 0 Å². The van der Waals surface area contributed by atoms with E-state index in [1.807, 2.05) is 13.0 Å². The molecule has 0 unspecified atom stereocenters. The van der Waals surface area contributed by atoms with Gasteiger partial charge in [0.15, 0.2) is 0 Å². The topological polar surface area (TPSA) is 61.3 Å². The number of nitrogens with zero attached hydrogens (tertiary/aromatic N) is 3. The fourth-order valence-electron chi connectivity index (χ4n) is 2.90. The normalized spacial score (nSPS) is 19.0. The Morgan fingerprint density at radius 1 is 1.43 bits per heavy atom. The molecule has 21 heavy (non-hydrogen) atoms. The van der Waals surface area contributed by atoms with Gasteiger partial charge in [-0.1, -0.05) is 0 Å². The van der Waals surface area contributed by atoms with Crippen LogP contribution in [-0.2, 0) is 0 Å². The molecule has 1 atom stereocenters. The van der Waals surface area contributed by atoms with E-state index >= 15 is 0 Å². The first kappa shape index (κ1) is 14.7. The first-order valence-corrected chi connectivity index (χ1v) is 8.43. The number of rotatable bonds is 5. The molecule has 1 saturated heterocycles. The van der Waals surface area contributed by atoms with Crippen LogP contribution in [0, 0.1) is 5.92 Å². The molecule has 2 aromatic heterocycles. The lowest BCUT2D eigenvalue weighted by molar-refractivity contribution is 0.102. The molecule has 3 rings (SSSR count). The van der Waals surface area contributed by atoms with Crippen molar-refractivity contribution in [1.29, 1.82) is 0 Å². The summed E-state index contributed by atoms with van der Waals surface area (Å²) < 4.78 is 1.14. The van der Waals surface area contributed by atoms with Crippen molar-refractivity contribution >= 4 is 27.4 Å². The number of aromatic nitrogens is 2. The zero-order valence-electron chi connectivity index (χ0n) is 12.3. The molecule has 0 saturated carbocycles. The molecule has 1 fully saturated rings. The highest BCUT2D eigenvalue weighted by molar-refractivity contribution is 7.17. The van der Waals surface area contributed by atoms with Gasteiger partial charge in [-0.2, -0.15) is 0 Å². The Labute approximate surface area is 129 Å². The Balaban J connectivity index is 1.51. The zero-order chi connectivity index (χ0) is 14.7. The van der Waals surface area contributed by atoms with E-state index < -0.39 is 0 Å². The zero-order valence-corrected chi connectivity index (χ0v) is 13.1. The van der Waals surface area contributed by atoms with E-state index in [-0.39, 0.29) is 6.10 Å². The van der Waals surface area contributed by atoms with Crippen molar-refractivity contribution < 1.29 is 5.11 Å². The lowest BCUT2D eigenvalue weighted by Crippen LogP contribution is -2.39. The van der Waals surface area contributed by atoms with Gasteiger partial charge in [0, 0.05) is 13.1 Å². The largest absolute Gasteiger partial charge is 0.392 e. The highest BCUT2D eigenvalue weighted by Gasteiger charge is 2.20. The molecule has 2 N–H and O–H groups in total. The number of hydrogen-bond donors (Lipinski definition) is 2. The third-order valence-electron chi connectivity index (χ3n) is 4.03. The van der Waals surface area contributed by atoms with Crippen LogP contribution in [0.5, 0.6) is 0 Å². The molecule has 2 aromatic rings. The molecule has 5 nitrogen and oxygen atoms in total. The number of β-amino-alcohol motifs (C(OH)–C–C–N with tert-alkyl or cyclic N) is 1. The Kier molecular flexibility index (Phi) is 4.67. The van der Waals surface area contributed by atoms with Crippen LogP contribution in [0.4, 0.5) is 5.82 Å². The molecule has 0 aliphatic carbocycles. The van der Waals surface area contributed by atoms with Crippen LogP contribution in [0.25, 0.3) is 10.2 Å². The Hall–Kier alpha value is -1.24. The standard InChI is InChI=1S/C15H22N4OS/c1-11(20)9-19-5-2-12(3-6-19)8-16-15-14-13(4-7-21-14)17-10-18-15/h4,7,10-12,20H,2-3,5-6,8-9H2,1H3,(H,16,17,18)/t11-/m1/s1. The summed E-state index contributed by atoms with van der Waals surface area (Å²) in [5, 5.41) is 15.0. The average molecular weight is 306 g/mol. The van der Waals surface area contributed by atoms with Gasteiger partial charge in [0.2, 0.25) is 0 Å². The molecular weight excluding hydrogens is 284 g/mol. The Morgan fingerprint density at radius 2 is 2.24 bits per heavy atom. The van der Waals surface area contributed by atoms with Gasteiger partial charge >= 0.3 is 0 Å². The van der Waals surface area contributed by atoms with Crippen molar-refractivity contribution in [3.05, 3.63) is 17.8 Å². The average Bonchev–Trinajstić information content (AvgIpc) is 2.95. The second-order valence-electron chi connectivity index (χ2n) is 5.83. The van der Waals surface area contributed by atoms with Crippen molar-refractivity contribution in [3.8, 4) is 0 Å². The van der Waals surface area contributed by atoms with Crippen LogP contribution in [-0.4, -0.2) is 52.3 Å². The van der Waals surface area contributed by atoms with Crippen molar-refractivity contribution in [2.45, 2.75) is 25.9 Å². The van der Waals surface area contributed by atoms with E-state index in [1.54, 1.807) is 17.7 Å². The minimum atomic E-state index is -0.229. The fourth-order valence-corrected chi connectivity index (χ4v) is 3.71. The number of likely N-dealkylation sites (tertiary alicyclic amines) is 1. The summed E-state index contributed by atoms with van der Waals surface area (Å²) in [6, 6.07) is 2.03. The maximum absolute atomic E-state index is 9.44. The first-order valence-electron chi connectivity index (χ1n) is 7.55. The summed E-state index contributed by atoms with van der Waals surface area (Å²) in [7, 11) is 0. The van der Waals surface area contributed by atoms with Crippen LogP contribution in [0.15, 0.2) is 17.8 Å². The van der Waals surface area contributed by atoms with Gasteiger partial charge in [0.25, 0.3) is 0 Å². The van der Waals surface area contributed by atoms with Crippen molar-refractivity contribution in [2.24, 2.45) is 5.92 Å². The number of nitrogens with one attached hydrogen (secondary N) is 1. The van der Waals surface area contributed by atoms with Crippen LogP contribution in [0.1, 0.15) is 19.8 Å². The van der Waals surface area contributed by atoms with Crippen LogP contribution < -0.4 is 5.32 Å². The lowest BCUT2D eigenvalue weighted by Gasteiger charge is -2.32. The highest BCUT2D eigenvalue weighted by Crippen LogP contribution is 2.26. The molecule has 0 amide bonds. The van der Waals surface area contributed by atoms with Crippen molar-refractivity contribution in [2.75, 3.05) is 31.5 Å². The number of aliphatic hydroxyl groups excluding tert-OH is 1. The van der Waals surface area contributed by atoms with Crippen LogP contribution in [0.3, 0.4) is 0 Å². The lowest BCUT2D eigenvalue weighted by atomic mass is 9.96. The number of thiophene rings is 1. The molecule has 0 spiro atoms. The minimum Gasteiger partial charge on any atom is -0.392 e. The SMILES string of the molecule is C[C@@H](O)CN1CCC(CNc2ncnc3ccsc23)CC1. The van der Waals surface area contributed by atoms with E-state index in [0.717, 1.165) is 42.2 Å². The third kappa shape index (κ3) is 3.70. The van der Waals surface area contributed by atoms with Gasteiger partial charge < -0.3 is 15.3 Å². The second kappa shape index (κ2) is 6.68. The monoisotopic (exact) mass is 306 g/mol. The van der Waals surface area contributed by atoms with E-state index in [0.29, 0.717) is 5.92 Å². The van der Waals surface area contributed by atoms with Crippen LogP contribution >= 0.6 is 11.3 Å². The number of hydrogen-bond acceptors (Lipinski definition) is 6. The van der Waals surface area contributed by atoms with Gasteiger partial charge in [-0.3, -0.25) is 0 Å². The molecule has 0 aromatic carbocycles. The maximum Gasteiger partial charge on any atom is 0.147 e. The predicted molar refractivity (Wildman–Crippen MR) is 86.7 cm³/mol. The Morgan fingerprint density at radius 3 is 3.00 bits per heavy atom. The van der Waals surface area contributed by atoms with E-state index in [4.69, 9.17) is 0 Å². The minimum absolute atomic E-state index is 0.229. The molecule has 6 heteroatoms. The molecule has 1 aliphatic rings. The van der Waals surface area contributed by atoms with Gasteiger partial charge in [-0.05, 0) is 50.2 Å². The molecular formula is C15H22N4OS. The second-order valence-corrected chi connectivity index (χ2v) is 6.75. The van der Waals surface area contributed by atoms with E-state index in [1.165, 1.54) is 12.8 Å². The van der Waals surface area contributed by atoms with Gasteiger partial charge in [-0.25, -0.2) is 9.97 Å². The number of anilines is 1. The number of aliphatic hydroxyl groups is 1. The smallest absolute Gasteiger partial charge is 0.147 e. The molecule has 1 aliphatic heterocycles. The number of fused-ring (bicyclic) bond motifs is 1. The van der Waals surface area contributed by atoms with Gasteiger partial charge in [-0.15, -0.1) is 11.3 Å². The Bertz CT molecular complexity index is 578. The predicted octanol–water partition coefficient (Wildman–Crippen LogP) is 2.20. The first-order chi connectivity index (χ1) is 10.2. The summed E-state index contributed by atoms with van der Waals surface area (Å²) in [6.07, 6.45) is 3.76. The van der Waals surface area contributed by atoms with E-state index in [9.17, 15) is 5.11 Å². The van der Waals surface area contributed by atoms with E-state index in [2.05, 4.69) is 25.6 Å². The summed E-state index contributed by atoms with van der Waals surface area (Å²) >= 11 is 1.68. The summed E-state index contributed by atoms with van der Waals surface area (Å²) in [5.74, 6) is 1.64. The molecule has 3 heterocycles. The maximum atomic E-state index is 9.44. The molecule has 114 valence electrons. The number of piperidine rings is 1. The fraction of sp³-hybridized carbons (Fsp3) is 0.600. The summed E-state index contributed by atoms with van der Waals surface area (Å²) in [6.45, 7) is 5.77. The van der Waals surface area contributed by atoms with Crippen molar-refractivity contribution in [1.82, 2.24) is 14.9 Å². The highest BCUT2D eigenvalue weighted by atomic mass is 32.1. The summed E-state index contributed by atoms with van der Waals surface area (Å²) in [5.41, 5.74) is 1.02. The quantitative estimate of drug-likeness (QED) is 0.887. The van der Waals surface area contributed by atoms with Gasteiger partial charge in [0.05, 0.1) is 16.3 Å². The van der Waals surface area contributed by atoms with Gasteiger partial charge in [0.1, 0.15) is 12.1 Å². The van der Waals surface area contributed by atoms with Crippen LogP contribution in [0.2, 0.25) is 0 Å². The third-order valence-corrected chi connectivity index (χ3v) is 4.94. The molecule has 0 radical (unpaired) electrons. The molecule has 0 bridgehead atoms.